The van der Waals surface area contributed by atoms with E-state index in [0.29, 0.717) is 6.54 Å². The Bertz CT molecular complexity index is 462. The average molecular weight is 304 g/mol. The number of hydrogen-bond acceptors (Lipinski definition) is 4. The van der Waals surface area contributed by atoms with Crippen molar-refractivity contribution < 1.29 is 9.53 Å². The second-order valence-electron chi connectivity index (χ2n) is 6.97. The monoisotopic (exact) mass is 304 g/mol. The van der Waals surface area contributed by atoms with Crippen molar-refractivity contribution in [3.05, 3.63) is 35.9 Å². The molecule has 1 unspecified atom stereocenters. The van der Waals surface area contributed by atoms with Crippen LogP contribution in [0, 0.1) is 5.92 Å². The minimum Gasteiger partial charge on any atom is -0.379 e. The van der Waals surface area contributed by atoms with Crippen LogP contribution in [-0.2, 0) is 4.74 Å². The first kappa shape index (κ1) is 17.1. The van der Waals surface area contributed by atoms with E-state index in [1.54, 1.807) is 0 Å². The van der Waals surface area contributed by atoms with Gasteiger partial charge in [0.2, 0.25) is 0 Å². The quantitative estimate of drug-likeness (QED) is 0.818. The van der Waals surface area contributed by atoms with Crippen molar-refractivity contribution in [3.8, 4) is 0 Å². The molecule has 0 spiro atoms. The number of morpholine rings is 1. The summed E-state index contributed by atoms with van der Waals surface area (Å²) in [5.74, 6) is 0.198. The summed E-state index contributed by atoms with van der Waals surface area (Å²) in [5.41, 5.74) is 0.816. The summed E-state index contributed by atoms with van der Waals surface area (Å²) in [6.07, 6.45) is 0. The van der Waals surface area contributed by atoms with Crippen molar-refractivity contribution in [3.63, 3.8) is 0 Å². The van der Waals surface area contributed by atoms with E-state index in [0.717, 1.165) is 38.4 Å². The van der Waals surface area contributed by atoms with Gasteiger partial charge in [0.05, 0.1) is 13.2 Å². The van der Waals surface area contributed by atoms with Gasteiger partial charge in [-0.1, -0.05) is 30.3 Å². The maximum Gasteiger partial charge on any atom is 0.168 e. The summed E-state index contributed by atoms with van der Waals surface area (Å²) < 4.78 is 5.40. The molecule has 1 N–H and O–H groups in total. The van der Waals surface area contributed by atoms with Crippen LogP contribution in [0.15, 0.2) is 30.3 Å². The first-order chi connectivity index (χ1) is 10.5. The number of carbonyl (C=O) groups excluding carboxylic acids is 1. The molecule has 1 aromatic rings. The van der Waals surface area contributed by atoms with Crippen molar-refractivity contribution in [1.29, 1.82) is 0 Å². The number of rotatable bonds is 6. The van der Waals surface area contributed by atoms with Crippen LogP contribution in [0.3, 0.4) is 0 Å². The van der Waals surface area contributed by atoms with Crippen molar-refractivity contribution in [2.45, 2.75) is 26.3 Å². The molecule has 1 aromatic carbocycles. The van der Waals surface area contributed by atoms with E-state index in [2.05, 4.69) is 31.0 Å². The Hall–Kier alpha value is -1.23. The van der Waals surface area contributed by atoms with Crippen LogP contribution in [0.5, 0.6) is 0 Å². The fourth-order valence-electron chi connectivity index (χ4n) is 2.60. The predicted molar refractivity (Wildman–Crippen MR) is 89.3 cm³/mol. The number of ketones is 1. The molecule has 1 atom stereocenters. The van der Waals surface area contributed by atoms with Crippen LogP contribution >= 0.6 is 0 Å². The van der Waals surface area contributed by atoms with Gasteiger partial charge < -0.3 is 10.1 Å². The van der Waals surface area contributed by atoms with Gasteiger partial charge in [0.15, 0.2) is 5.78 Å². The van der Waals surface area contributed by atoms with Gasteiger partial charge in [-0.15, -0.1) is 0 Å². The van der Waals surface area contributed by atoms with Crippen LogP contribution < -0.4 is 5.32 Å². The van der Waals surface area contributed by atoms with E-state index in [9.17, 15) is 4.79 Å². The smallest absolute Gasteiger partial charge is 0.168 e. The average Bonchev–Trinajstić information content (AvgIpc) is 2.52. The number of nitrogens with zero attached hydrogens (tertiary/aromatic N) is 1. The highest BCUT2D eigenvalue weighted by Crippen LogP contribution is 2.13. The summed E-state index contributed by atoms with van der Waals surface area (Å²) >= 11 is 0. The van der Waals surface area contributed by atoms with Crippen molar-refractivity contribution in [2.75, 3.05) is 39.4 Å². The predicted octanol–water partition coefficient (Wildman–Crippen LogP) is 2.21. The molecule has 1 heterocycles. The number of hydrogen-bond donors (Lipinski definition) is 1. The Balaban J connectivity index is 2.04. The lowest BCUT2D eigenvalue weighted by Crippen LogP contribution is -2.47. The second kappa shape index (κ2) is 7.86. The number of carbonyl (C=O) groups is 1. The zero-order valence-electron chi connectivity index (χ0n) is 14.0. The highest BCUT2D eigenvalue weighted by molar-refractivity contribution is 5.98. The molecule has 122 valence electrons. The van der Waals surface area contributed by atoms with Crippen LogP contribution in [0.1, 0.15) is 31.1 Å². The topological polar surface area (TPSA) is 41.6 Å². The van der Waals surface area contributed by atoms with Crippen LogP contribution in [-0.4, -0.2) is 55.6 Å². The molecule has 0 bridgehead atoms. The molecule has 1 aliphatic rings. The largest absolute Gasteiger partial charge is 0.379 e. The summed E-state index contributed by atoms with van der Waals surface area (Å²) in [6.45, 7) is 11.2. The van der Waals surface area contributed by atoms with Crippen LogP contribution in [0.2, 0.25) is 0 Å². The SMILES string of the molecule is CC(C)(C)NCC(CN1CCOCC1)C(=O)c1ccccc1. The standard InChI is InChI=1S/C18H28N2O2/c1-18(2,3)19-13-16(14-20-9-11-22-12-10-20)17(21)15-7-5-4-6-8-15/h4-8,16,19H,9-14H2,1-3H3. The molecular weight excluding hydrogens is 276 g/mol. The van der Waals surface area contributed by atoms with Gasteiger partial charge in [0, 0.05) is 43.2 Å². The highest BCUT2D eigenvalue weighted by atomic mass is 16.5. The van der Waals surface area contributed by atoms with E-state index in [1.165, 1.54) is 0 Å². The van der Waals surface area contributed by atoms with Gasteiger partial charge in [0.25, 0.3) is 0 Å². The fraction of sp³-hybridized carbons (Fsp3) is 0.611. The molecule has 0 aliphatic carbocycles. The van der Waals surface area contributed by atoms with Gasteiger partial charge in [0.1, 0.15) is 0 Å². The Morgan fingerprint density at radius 3 is 2.45 bits per heavy atom. The van der Waals surface area contributed by atoms with Gasteiger partial charge >= 0.3 is 0 Å². The summed E-state index contributed by atoms with van der Waals surface area (Å²) in [4.78, 5) is 15.2. The van der Waals surface area contributed by atoms with Gasteiger partial charge in [-0.25, -0.2) is 0 Å². The lowest BCUT2D eigenvalue weighted by atomic mass is 9.95. The molecular formula is C18H28N2O2. The third-order valence-electron chi connectivity index (χ3n) is 3.89. The first-order valence-corrected chi connectivity index (χ1v) is 8.10. The molecule has 4 nitrogen and oxygen atoms in total. The molecule has 4 heteroatoms. The molecule has 1 saturated heterocycles. The maximum absolute atomic E-state index is 12.8. The fourth-order valence-corrected chi connectivity index (χ4v) is 2.60. The van der Waals surface area contributed by atoms with Gasteiger partial charge in [-0.05, 0) is 20.8 Å². The summed E-state index contributed by atoms with van der Waals surface area (Å²) in [5, 5.41) is 3.48. The van der Waals surface area contributed by atoms with Crippen molar-refractivity contribution in [1.82, 2.24) is 10.2 Å². The Kier molecular flexibility index (Phi) is 6.12. The zero-order chi connectivity index (χ0) is 16.0. The number of Topliss-reactive ketones (excluding diaryl/α,β-unsaturated/α-hetero) is 1. The maximum atomic E-state index is 12.8. The minimum absolute atomic E-state index is 0.0141. The number of benzene rings is 1. The first-order valence-electron chi connectivity index (χ1n) is 8.10. The molecule has 2 rings (SSSR count). The Labute approximate surface area is 133 Å². The van der Waals surface area contributed by atoms with Crippen LogP contribution in [0.4, 0.5) is 0 Å². The van der Waals surface area contributed by atoms with Crippen LogP contribution in [0.25, 0.3) is 0 Å². The Morgan fingerprint density at radius 1 is 1.23 bits per heavy atom. The zero-order valence-corrected chi connectivity index (χ0v) is 14.0. The van der Waals surface area contributed by atoms with E-state index < -0.39 is 0 Å². The van der Waals surface area contributed by atoms with E-state index in [4.69, 9.17) is 4.74 Å². The molecule has 22 heavy (non-hydrogen) atoms. The molecule has 0 aromatic heterocycles. The van der Waals surface area contributed by atoms with E-state index >= 15 is 0 Å². The summed E-state index contributed by atoms with van der Waals surface area (Å²) in [7, 11) is 0. The third kappa shape index (κ3) is 5.52. The number of ether oxygens (including phenoxy) is 1. The lowest BCUT2D eigenvalue weighted by Gasteiger charge is -2.31. The molecule has 1 aliphatic heterocycles. The third-order valence-corrected chi connectivity index (χ3v) is 3.89. The summed E-state index contributed by atoms with van der Waals surface area (Å²) in [6, 6.07) is 9.62. The molecule has 0 saturated carbocycles. The van der Waals surface area contributed by atoms with E-state index in [-0.39, 0.29) is 17.2 Å². The van der Waals surface area contributed by atoms with Crippen molar-refractivity contribution in [2.24, 2.45) is 5.92 Å². The molecule has 0 radical (unpaired) electrons. The Morgan fingerprint density at radius 2 is 1.86 bits per heavy atom. The lowest BCUT2D eigenvalue weighted by molar-refractivity contribution is 0.0297. The van der Waals surface area contributed by atoms with Gasteiger partial charge in [-0.2, -0.15) is 0 Å². The second-order valence-corrected chi connectivity index (χ2v) is 6.97. The molecule has 0 amide bonds. The minimum atomic E-state index is -0.0280. The van der Waals surface area contributed by atoms with E-state index in [1.807, 2.05) is 30.3 Å². The van der Waals surface area contributed by atoms with Crippen molar-refractivity contribution >= 4 is 5.78 Å². The number of nitrogens with one attached hydrogen (secondary N) is 1. The molecule has 1 fully saturated rings. The normalized spacial score (nSPS) is 18.1. The van der Waals surface area contributed by atoms with Gasteiger partial charge in [-0.3, -0.25) is 9.69 Å². The highest BCUT2D eigenvalue weighted by Gasteiger charge is 2.25.